The number of ether oxygens (including phenoxy) is 3. The van der Waals surface area contributed by atoms with Gasteiger partial charge in [0.2, 0.25) is 5.91 Å². The molecule has 0 N–H and O–H groups in total. The number of hydrogen-bond donors (Lipinski definition) is 0. The summed E-state index contributed by atoms with van der Waals surface area (Å²) in [4.78, 5) is 25.7. The first kappa shape index (κ1) is 21.0. The quantitative estimate of drug-likeness (QED) is 0.515. The maximum Gasteiger partial charge on any atom is 0.337 e. The standard InChI is InChI=1S/C22H25NO5/c1-5-23(15-17-8-12-19(26-2)20(14-17)27-3)21(24)13-9-16-6-10-18(11-7-16)22(25)28-4/h6-14H,5,15H2,1-4H3. The normalized spacial score (nSPS) is 10.6. The lowest BCUT2D eigenvalue weighted by Gasteiger charge is -2.20. The summed E-state index contributed by atoms with van der Waals surface area (Å²) < 4.78 is 15.2. The van der Waals surface area contributed by atoms with E-state index in [1.54, 1.807) is 49.5 Å². The van der Waals surface area contributed by atoms with Crippen molar-refractivity contribution < 1.29 is 23.8 Å². The first-order chi connectivity index (χ1) is 13.5. The fourth-order valence-corrected chi connectivity index (χ4v) is 2.67. The molecule has 0 bridgehead atoms. The predicted molar refractivity (Wildman–Crippen MR) is 107 cm³/mol. The molecule has 0 aliphatic carbocycles. The van der Waals surface area contributed by atoms with E-state index in [0.717, 1.165) is 11.1 Å². The molecule has 0 saturated carbocycles. The van der Waals surface area contributed by atoms with Gasteiger partial charge < -0.3 is 19.1 Å². The second-order valence-electron chi connectivity index (χ2n) is 5.99. The highest BCUT2D eigenvalue weighted by molar-refractivity contribution is 5.92. The van der Waals surface area contributed by atoms with Crippen LogP contribution in [-0.2, 0) is 16.1 Å². The molecule has 0 aliphatic heterocycles. The third-order valence-corrected chi connectivity index (χ3v) is 4.26. The Morgan fingerprint density at radius 2 is 1.64 bits per heavy atom. The number of hydrogen-bond acceptors (Lipinski definition) is 5. The largest absolute Gasteiger partial charge is 0.493 e. The van der Waals surface area contributed by atoms with Crippen molar-refractivity contribution in [3.05, 3.63) is 65.2 Å². The fourth-order valence-electron chi connectivity index (χ4n) is 2.67. The van der Waals surface area contributed by atoms with E-state index in [4.69, 9.17) is 9.47 Å². The SMILES string of the molecule is CCN(Cc1ccc(OC)c(OC)c1)C(=O)C=Cc1ccc(C(=O)OC)cc1. The third-order valence-electron chi connectivity index (χ3n) is 4.26. The highest BCUT2D eigenvalue weighted by Crippen LogP contribution is 2.28. The van der Waals surface area contributed by atoms with Gasteiger partial charge in [-0.3, -0.25) is 4.79 Å². The summed E-state index contributed by atoms with van der Waals surface area (Å²) >= 11 is 0. The molecular formula is C22H25NO5. The summed E-state index contributed by atoms with van der Waals surface area (Å²) in [6, 6.07) is 12.5. The zero-order valence-electron chi connectivity index (χ0n) is 16.6. The molecule has 2 rings (SSSR count). The van der Waals surface area contributed by atoms with Gasteiger partial charge in [0.1, 0.15) is 0 Å². The van der Waals surface area contributed by atoms with Crippen LogP contribution in [0.5, 0.6) is 11.5 Å². The zero-order chi connectivity index (χ0) is 20.5. The molecule has 28 heavy (non-hydrogen) atoms. The Kier molecular flexibility index (Phi) is 7.63. The number of carbonyl (C=O) groups excluding carboxylic acids is 2. The molecule has 0 saturated heterocycles. The third kappa shape index (κ3) is 5.36. The Labute approximate surface area is 165 Å². The summed E-state index contributed by atoms with van der Waals surface area (Å²) in [7, 11) is 4.51. The van der Waals surface area contributed by atoms with Gasteiger partial charge in [0, 0.05) is 19.2 Å². The number of methoxy groups -OCH3 is 3. The molecule has 0 fully saturated rings. The van der Waals surface area contributed by atoms with E-state index in [1.165, 1.54) is 13.2 Å². The maximum absolute atomic E-state index is 12.6. The molecule has 0 spiro atoms. The van der Waals surface area contributed by atoms with Gasteiger partial charge in [0.25, 0.3) is 0 Å². The first-order valence-corrected chi connectivity index (χ1v) is 8.88. The molecule has 0 radical (unpaired) electrons. The average molecular weight is 383 g/mol. The van der Waals surface area contributed by atoms with Gasteiger partial charge in [0.15, 0.2) is 11.5 Å². The van der Waals surface area contributed by atoms with Gasteiger partial charge in [-0.15, -0.1) is 0 Å². The van der Waals surface area contributed by atoms with Crippen molar-refractivity contribution in [1.82, 2.24) is 4.90 Å². The molecule has 0 aromatic heterocycles. The number of benzene rings is 2. The fraction of sp³-hybridized carbons (Fsp3) is 0.273. The number of carbonyl (C=O) groups is 2. The Bertz CT molecular complexity index is 843. The van der Waals surface area contributed by atoms with Crippen LogP contribution < -0.4 is 9.47 Å². The van der Waals surface area contributed by atoms with E-state index in [2.05, 4.69) is 4.74 Å². The van der Waals surface area contributed by atoms with Crippen molar-refractivity contribution in [2.75, 3.05) is 27.9 Å². The minimum Gasteiger partial charge on any atom is -0.493 e. The van der Waals surface area contributed by atoms with Crippen LogP contribution in [0.1, 0.15) is 28.4 Å². The van der Waals surface area contributed by atoms with Crippen LogP contribution in [-0.4, -0.2) is 44.7 Å². The van der Waals surface area contributed by atoms with E-state index >= 15 is 0 Å². The first-order valence-electron chi connectivity index (χ1n) is 8.88. The number of nitrogens with zero attached hydrogens (tertiary/aromatic N) is 1. The van der Waals surface area contributed by atoms with Crippen LogP contribution in [0.2, 0.25) is 0 Å². The van der Waals surface area contributed by atoms with Gasteiger partial charge in [-0.1, -0.05) is 18.2 Å². The lowest BCUT2D eigenvalue weighted by atomic mass is 10.1. The Morgan fingerprint density at radius 1 is 0.964 bits per heavy atom. The lowest BCUT2D eigenvalue weighted by Crippen LogP contribution is -2.28. The van der Waals surface area contributed by atoms with Crippen LogP contribution in [0.15, 0.2) is 48.5 Å². The van der Waals surface area contributed by atoms with Crippen LogP contribution in [0.3, 0.4) is 0 Å². The highest BCUT2D eigenvalue weighted by Gasteiger charge is 2.12. The molecule has 2 aromatic rings. The van der Waals surface area contributed by atoms with Crippen molar-refractivity contribution in [2.45, 2.75) is 13.5 Å². The van der Waals surface area contributed by atoms with Gasteiger partial charge in [-0.25, -0.2) is 4.79 Å². The number of likely N-dealkylation sites (N-methyl/N-ethyl adjacent to an activating group) is 1. The topological polar surface area (TPSA) is 65.1 Å². The van der Waals surface area contributed by atoms with Crippen molar-refractivity contribution in [3.63, 3.8) is 0 Å². The second kappa shape index (κ2) is 10.2. The maximum atomic E-state index is 12.6. The Balaban J connectivity index is 2.06. The molecule has 0 atom stereocenters. The molecule has 0 aliphatic rings. The second-order valence-corrected chi connectivity index (χ2v) is 5.99. The summed E-state index contributed by atoms with van der Waals surface area (Å²) in [6.45, 7) is 2.96. The molecule has 148 valence electrons. The highest BCUT2D eigenvalue weighted by atomic mass is 16.5. The predicted octanol–water partition coefficient (Wildman–Crippen LogP) is 3.55. The van der Waals surface area contributed by atoms with E-state index in [9.17, 15) is 9.59 Å². The molecule has 6 heteroatoms. The Morgan fingerprint density at radius 3 is 2.21 bits per heavy atom. The van der Waals surface area contributed by atoms with Crippen LogP contribution in [0.25, 0.3) is 6.08 Å². The molecule has 0 unspecified atom stereocenters. The summed E-state index contributed by atoms with van der Waals surface area (Å²) in [6.07, 6.45) is 3.25. The minimum absolute atomic E-state index is 0.102. The van der Waals surface area contributed by atoms with Crippen LogP contribution in [0, 0.1) is 0 Å². The van der Waals surface area contributed by atoms with E-state index in [0.29, 0.717) is 30.2 Å². The summed E-state index contributed by atoms with van der Waals surface area (Å²) in [5.74, 6) is 0.786. The number of esters is 1. The number of rotatable bonds is 8. The van der Waals surface area contributed by atoms with Crippen molar-refractivity contribution >= 4 is 18.0 Å². The monoisotopic (exact) mass is 383 g/mol. The van der Waals surface area contributed by atoms with Crippen LogP contribution in [0.4, 0.5) is 0 Å². The van der Waals surface area contributed by atoms with Crippen LogP contribution >= 0.6 is 0 Å². The molecule has 0 heterocycles. The van der Waals surface area contributed by atoms with Gasteiger partial charge in [-0.2, -0.15) is 0 Å². The molecular weight excluding hydrogens is 358 g/mol. The van der Waals surface area contributed by atoms with E-state index in [-0.39, 0.29) is 5.91 Å². The van der Waals surface area contributed by atoms with Gasteiger partial charge in [0.05, 0.1) is 26.9 Å². The molecule has 6 nitrogen and oxygen atoms in total. The number of amides is 1. The van der Waals surface area contributed by atoms with Gasteiger partial charge >= 0.3 is 5.97 Å². The van der Waals surface area contributed by atoms with Gasteiger partial charge in [-0.05, 0) is 48.4 Å². The van der Waals surface area contributed by atoms with E-state index < -0.39 is 5.97 Å². The average Bonchev–Trinajstić information content (AvgIpc) is 2.75. The Hall–Kier alpha value is -3.28. The smallest absolute Gasteiger partial charge is 0.337 e. The van der Waals surface area contributed by atoms with Crippen molar-refractivity contribution in [3.8, 4) is 11.5 Å². The van der Waals surface area contributed by atoms with E-state index in [1.807, 2.05) is 25.1 Å². The lowest BCUT2D eigenvalue weighted by molar-refractivity contribution is -0.126. The van der Waals surface area contributed by atoms with Crippen molar-refractivity contribution in [1.29, 1.82) is 0 Å². The summed E-state index contributed by atoms with van der Waals surface area (Å²) in [5.41, 5.74) is 2.24. The summed E-state index contributed by atoms with van der Waals surface area (Å²) in [5, 5.41) is 0. The molecule has 1 amide bonds. The zero-order valence-corrected chi connectivity index (χ0v) is 16.6. The molecule has 2 aromatic carbocycles. The van der Waals surface area contributed by atoms with Crippen molar-refractivity contribution in [2.24, 2.45) is 0 Å². The minimum atomic E-state index is -0.390.